The molecular formula is C13H19NO2. The fraction of sp³-hybridized carbons (Fsp3) is 0.462. The van der Waals surface area contributed by atoms with Crippen LogP contribution in [0.3, 0.4) is 0 Å². The predicted molar refractivity (Wildman–Crippen MR) is 66.9 cm³/mol. The molecule has 2 aromatic rings. The summed E-state index contributed by atoms with van der Waals surface area (Å²) in [5.74, 6) is -0.268. The van der Waals surface area contributed by atoms with Crippen molar-refractivity contribution < 1.29 is 4.42 Å². The molecule has 0 aliphatic rings. The van der Waals surface area contributed by atoms with E-state index in [0.717, 1.165) is 11.9 Å². The second-order valence-electron chi connectivity index (χ2n) is 3.27. The third kappa shape index (κ3) is 2.18. The predicted octanol–water partition coefficient (Wildman–Crippen LogP) is 3.20. The number of aryl methyl sites for hydroxylation is 2. The van der Waals surface area contributed by atoms with Gasteiger partial charge < -0.3 is 4.42 Å². The maximum absolute atomic E-state index is 11.4. The van der Waals surface area contributed by atoms with Gasteiger partial charge in [0, 0.05) is 6.54 Å². The summed E-state index contributed by atoms with van der Waals surface area (Å²) in [4.78, 5) is 11.4. The van der Waals surface area contributed by atoms with Crippen molar-refractivity contribution in [2.45, 2.75) is 40.7 Å². The minimum Gasteiger partial charge on any atom is -0.408 e. The third-order valence-electron chi connectivity index (χ3n) is 2.46. The van der Waals surface area contributed by atoms with Gasteiger partial charge in [0.15, 0.2) is 5.58 Å². The van der Waals surface area contributed by atoms with Crippen LogP contribution in [-0.2, 0) is 13.0 Å². The summed E-state index contributed by atoms with van der Waals surface area (Å²) in [5, 5.41) is 0. The molecule has 0 unspecified atom stereocenters. The SMILES string of the molecule is CC.CCc1ccc2oc(=O)n(CC)c2c1. The van der Waals surface area contributed by atoms with Gasteiger partial charge in [0.05, 0.1) is 5.52 Å². The molecule has 0 N–H and O–H groups in total. The molecule has 3 heteroatoms. The van der Waals surface area contributed by atoms with Gasteiger partial charge in [0.2, 0.25) is 0 Å². The number of hydrogen-bond donors (Lipinski definition) is 0. The normalized spacial score (nSPS) is 10.0. The second-order valence-corrected chi connectivity index (χ2v) is 3.27. The summed E-state index contributed by atoms with van der Waals surface area (Å²) in [6, 6.07) is 5.87. The van der Waals surface area contributed by atoms with E-state index in [9.17, 15) is 4.79 Å². The molecule has 2 rings (SSSR count). The molecule has 0 aliphatic heterocycles. The number of oxazole rings is 1. The number of hydrogen-bond acceptors (Lipinski definition) is 2. The van der Waals surface area contributed by atoms with E-state index in [0.29, 0.717) is 12.1 Å². The molecule has 0 aliphatic carbocycles. The Bertz CT molecular complexity index is 508. The zero-order valence-electron chi connectivity index (χ0n) is 10.4. The highest BCUT2D eigenvalue weighted by atomic mass is 16.4. The molecule has 0 bridgehead atoms. The van der Waals surface area contributed by atoms with E-state index in [1.807, 2.05) is 39.0 Å². The van der Waals surface area contributed by atoms with Gasteiger partial charge >= 0.3 is 5.76 Å². The first-order valence-electron chi connectivity index (χ1n) is 5.88. The van der Waals surface area contributed by atoms with Gasteiger partial charge in [-0.15, -0.1) is 0 Å². The van der Waals surface area contributed by atoms with Crippen LogP contribution in [0, 0.1) is 0 Å². The summed E-state index contributed by atoms with van der Waals surface area (Å²) in [5.41, 5.74) is 2.80. The van der Waals surface area contributed by atoms with E-state index < -0.39 is 0 Å². The Labute approximate surface area is 95.7 Å². The standard InChI is InChI=1S/C11H13NO2.C2H6/c1-3-8-5-6-10-9(7-8)12(4-2)11(13)14-10;1-2/h5-7H,3-4H2,1-2H3;1-2H3. The van der Waals surface area contributed by atoms with Crippen molar-refractivity contribution in [1.82, 2.24) is 4.57 Å². The van der Waals surface area contributed by atoms with Gasteiger partial charge in [-0.1, -0.05) is 26.8 Å². The Morgan fingerprint density at radius 3 is 2.50 bits per heavy atom. The van der Waals surface area contributed by atoms with E-state index in [1.54, 1.807) is 4.57 Å². The highest BCUT2D eigenvalue weighted by Crippen LogP contribution is 2.15. The molecule has 0 saturated carbocycles. The Hall–Kier alpha value is -1.51. The van der Waals surface area contributed by atoms with E-state index >= 15 is 0 Å². The van der Waals surface area contributed by atoms with Gasteiger partial charge in [0.25, 0.3) is 0 Å². The molecule has 0 spiro atoms. The lowest BCUT2D eigenvalue weighted by Crippen LogP contribution is -2.12. The molecule has 0 atom stereocenters. The van der Waals surface area contributed by atoms with Gasteiger partial charge in [0.1, 0.15) is 0 Å². The van der Waals surface area contributed by atoms with E-state index in [-0.39, 0.29) is 5.76 Å². The zero-order valence-corrected chi connectivity index (χ0v) is 10.4. The molecule has 1 aromatic carbocycles. The van der Waals surface area contributed by atoms with Crippen LogP contribution in [0.2, 0.25) is 0 Å². The van der Waals surface area contributed by atoms with Gasteiger partial charge in [-0.25, -0.2) is 4.79 Å². The van der Waals surface area contributed by atoms with Crippen LogP contribution >= 0.6 is 0 Å². The second kappa shape index (κ2) is 5.54. The summed E-state index contributed by atoms with van der Waals surface area (Å²) in [6.07, 6.45) is 0.971. The van der Waals surface area contributed by atoms with Gasteiger partial charge in [-0.2, -0.15) is 0 Å². The molecule has 0 saturated heterocycles. The zero-order chi connectivity index (χ0) is 12.1. The summed E-state index contributed by atoms with van der Waals surface area (Å²) < 4.78 is 6.74. The molecule has 0 radical (unpaired) electrons. The Morgan fingerprint density at radius 2 is 1.94 bits per heavy atom. The third-order valence-corrected chi connectivity index (χ3v) is 2.46. The van der Waals surface area contributed by atoms with Crippen molar-refractivity contribution in [2.24, 2.45) is 0 Å². The van der Waals surface area contributed by atoms with Crippen LogP contribution in [0.15, 0.2) is 27.4 Å². The number of fused-ring (bicyclic) bond motifs is 1. The lowest BCUT2D eigenvalue weighted by molar-refractivity contribution is 0.513. The van der Waals surface area contributed by atoms with Crippen LogP contribution in [0.5, 0.6) is 0 Å². The van der Waals surface area contributed by atoms with Crippen LogP contribution < -0.4 is 5.76 Å². The van der Waals surface area contributed by atoms with E-state index in [4.69, 9.17) is 4.42 Å². The smallest absolute Gasteiger partial charge is 0.408 e. The lowest BCUT2D eigenvalue weighted by Gasteiger charge is -1.98. The maximum Gasteiger partial charge on any atom is 0.419 e. The maximum atomic E-state index is 11.4. The van der Waals surface area contributed by atoms with Crippen LogP contribution in [0.1, 0.15) is 33.3 Å². The Kier molecular flexibility index (Phi) is 4.35. The van der Waals surface area contributed by atoms with Gasteiger partial charge in [-0.05, 0) is 31.0 Å². The minimum atomic E-state index is -0.268. The number of rotatable bonds is 2. The van der Waals surface area contributed by atoms with E-state index in [1.165, 1.54) is 5.56 Å². The van der Waals surface area contributed by atoms with Crippen molar-refractivity contribution in [2.75, 3.05) is 0 Å². The molecule has 0 fully saturated rings. The summed E-state index contributed by atoms with van der Waals surface area (Å²) >= 11 is 0. The molecule has 1 aromatic heterocycles. The van der Waals surface area contributed by atoms with Crippen LogP contribution in [0.25, 0.3) is 11.1 Å². The quantitative estimate of drug-likeness (QED) is 0.780. The lowest BCUT2D eigenvalue weighted by atomic mass is 10.1. The molecule has 16 heavy (non-hydrogen) atoms. The number of aromatic nitrogens is 1. The average molecular weight is 221 g/mol. The highest BCUT2D eigenvalue weighted by Gasteiger charge is 2.07. The first kappa shape index (κ1) is 12.6. The van der Waals surface area contributed by atoms with Crippen molar-refractivity contribution in [3.05, 3.63) is 34.3 Å². The van der Waals surface area contributed by atoms with Gasteiger partial charge in [-0.3, -0.25) is 4.57 Å². The number of benzene rings is 1. The number of nitrogens with zero attached hydrogens (tertiary/aromatic N) is 1. The van der Waals surface area contributed by atoms with Crippen molar-refractivity contribution in [1.29, 1.82) is 0 Å². The molecule has 3 nitrogen and oxygen atoms in total. The monoisotopic (exact) mass is 221 g/mol. The van der Waals surface area contributed by atoms with Crippen molar-refractivity contribution in [3.8, 4) is 0 Å². The molecular weight excluding hydrogens is 202 g/mol. The molecule has 1 heterocycles. The molecule has 0 amide bonds. The van der Waals surface area contributed by atoms with E-state index in [2.05, 4.69) is 6.92 Å². The van der Waals surface area contributed by atoms with Crippen molar-refractivity contribution >= 4 is 11.1 Å². The fourth-order valence-corrected chi connectivity index (χ4v) is 1.63. The highest BCUT2D eigenvalue weighted by molar-refractivity contribution is 5.73. The minimum absolute atomic E-state index is 0.268. The summed E-state index contributed by atoms with van der Waals surface area (Å²) in [7, 11) is 0. The largest absolute Gasteiger partial charge is 0.419 e. The Balaban J connectivity index is 0.000000606. The van der Waals surface area contributed by atoms with Crippen LogP contribution in [-0.4, -0.2) is 4.57 Å². The Morgan fingerprint density at radius 1 is 1.25 bits per heavy atom. The molecule has 88 valence electrons. The fourth-order valence-electron chi connectivity index (χ4n) is 1.63. The average Bonchev–Trinajstić information content (AvgIpc) is 2.65. The summed E-state index contributed by atoms with van der Waals surface area (Å²) in [6.45, 7) is 8.68. The van der Waals surface area contributed by atoms with Crippen molar-refractivity contribution in [3.63, 3.8) is 0 Å². The van der Waals surface area contributed by atoms with Crippen LogP contribution in [0.4, 0.5) is 0 Å². The first-order chi connectivity index (χ1) is 7.76. The first-order valence-corrected chi connectivity index (χ1v) is 5.88. The topological polar surface area (TPSA) is 35.1 Å².